The normalized spacial score (nSPS) is 16.9. The second-order valence-corrected chi connectivity index (χ2v) is 9.62. The van der Waals surface area contributed by atoms with Crippen LogP contribution in [-0.2, 0) is 17.8 Å². The van der Waals surface area contributed by atoms with Crippen molar-refractivity contribution in [2.45, 2.75) is 25.3 Å². The molecule has 176 valence electrons. The standard InChI is InChI=1S/C30H29N3O2/c1-33(2)19-25-6-3-4-9-28(25)32-30(35)23-8-5-7-22(16-23)26-17-27(26)29(34)15-20-10-11-24-18-31-13-12-21(24)14-20/h3-14,16,18,26-27H,15,17,19H2,1-2H3,(H,32,35)/t26-,27+/m0/s1. The van der Waals surface area contributed by atoms with Crippen molar-refractivity contribution >= 4 is 28.2 Å². The Morgan fingerprint density at radius 2 is 1.83 bits per heavy atom. The molecule has 1 N–H and O–H groups in total. The summed E-state index contributed by atoms with van der Waals surface area (Å²) in [6.45, 7) is 0.746. The molecule has 35 heavy (non-hydrogen) atoms. The summed E-state index contributed by atoms with van der Waals surface area (Å²) >= 11 is 0. The minimum absolute atomic E-state index is 0.0160. The molecule has 3 aromatic carbocycles. The highest BCUT2D eigenvalue weighted by Crippen LogP contribution is 2.48. The number of rotatable bonds is 8. The van der Waals surface area contributed by atoms with Crippen molar-refractivity contribution in [1.82, 2.24) is 9.88 Å². The molecular formula is C30H29N3O2. The number of pyridine rings is 1. The van der Waals surface area contributed by atoms with Gasteiger partial charge in [-0.1, -0.05) is 48.5 Å². The lowest BCUT2D eigenvalue weighted by atomic mass is 10.00. The molecule has 1 fully saturated rings. The summed E-state index contributed by atoms with van der Waals surface area (Å²) in [5.74, 6) is 0.325. The zero-order valence-electron chi connectivity index (χ0n) is 20.1. The zero-order chi connectivity index (χ0) is 24.4. The van der Waals surface area contributed by atoms with Crippen LogP contribution in [0.2, 0.25) is 0 Å². The number of carbonyl (C=O) groups excluding carboxylic acids is 2. The van der Waals surface area contributed by atoms with Crippen molar-refractivity contribution < 1.29 is 9.59 Å². The molecule has 0 spiro atoms. The summed E-state index contributed by atoms with van der Waals surface area (Å²) in [5.41, 5.74) is 4.59. The van der Waals surface area contributed by atoms with Crippen LogP contribution in [0, 0.1) is 5.92 Å². The number of para-hydroxylation sites is 1. The van der Waals surface area contributed by atoms with E-state index < -0.39 is 0 Å². The van der Waals surface area contributed by atoms with Gasteiger partial charge in [0.25, 0.3) is 5.91 Å². The van der Waals surface area contributed by atoms with Crippen molar-refractivity contribution in [3.63, 3.8) is 0 Å². The van der Waals surface area contributed by atoms with Gasteiger partial charge in [0.15, 0.2) is 0 Å². The fraction of sp³-hybridized carbons (Fsp3) is 0.233. The molecule has 1 aliphatic carbocycles. The Bertz CT molecular complexity index is 1400. The lowest BCUT2D eigenvalue weighted by molar-refractivity contribution is -0.119. The highest BCUT2D eigenvalue weighted by molar-refractivity contribution is 6.04. The van der Waals surface area contributed by atoms with E-state index in [4.69, 9.17) is 0 Å². The van der Waals surface area contributed by atoms with E-state index in [1.165, 1.54) is 0 Å². The second-order valence-electron chi connectivity index (χ2n) is 9.62. The van der Waals surface area contributed by atoms with E-state index >= 15 is 0 Å². The predicted molar refractivity (Wildman–Crippen MR) is 140 cm³/mol. The highest BCUT2D eigenvalue weighted by Gasteiger charge is 2.43. The first kappa shape index (κ1) is 22.9. The van der Waals surface area contributed by atoms with Gasteiger partial charge >= 0.3 is 0 Å². The molecule has 5 heteroatoms. The van der Waals surface area contributed by atoms with Gasteiger partial charge in [-0.25, -0.2) is 0 Å². The third-order valence-electron chi connectivity index (χ3n) is 6.62. The van der Waals surface area contributed by atoms with Crippen LogP contribution in [-0.4, -0.2) is 35.7 Å². The van der Waals surface area contributed by atoms with E-state index in [2.05, 4.69) is 21.3 Å². The Kier molecular flexibility index (Phi) is 6.43. The van der Waals surface area contributed by atoms with Gasteiger partial charge in [-0.2, -0.15) is 0 Å². The minimum Gasteiger partial charge on any atom is -0.322 e. The molecule has 0 radical (unpaired) electrons. The van der Waals surface area contributed by atoms with Gasteiger partial charge in [0.1, 0.15) is 5.78 Å². The van der Waals surface area contributed by atoms with Crippen molar-refractivity contribution in [2.75, 3.05) is 19.4 Å². The maximum atomic E-state index is 13.0. The quantitative estimate of drug-likeness (QED) is 0.377. The number of anilines is 1. The molecule has 0 bridgehead atoms. The van der Waals surface area contributed by atoms with Gasteiger partial charge in [-0.3, -0.25) is 14.6 Å². The molecule has 5 nitrogen and oxygen atoms in total. The molecule has 0 unspecified atom stereocenters. The van der Waals surface area contributed by atoms with E-state index in [1.807, 2.05) is 87.0 Å². The summed E-state index contributed by atoms with van der Waals surface area (Å²) in [4.78, 5) is 32.2. The summed E-state index contributed by atoms with van der Waals surface area (Å²) < 4.78 is 0. The number of amides is 1. The van der Waals surface area contributed by atoms with E-state index in [0.29, 0.717) is 12.0 Å². The third kappa shape index (κ3) is 5.31. The van der Waals surface area contributed by atoms with E-state index in [0.717, 1.165) is 46.1 Å². The van der Waals surface area contributed by atoms with Gasteiger partial charge in [-0.15, -0.1) is 0 Å². The molecule has 1 aliphatic rings. The van der Waals surface area contributed by atoms with Crippen LogP contribution in [0.25, 0.3) is 10.8 Å². The average molecular weight is 464 g/mol. The van der Waals surface area contributed by atoms with Gasteiger partial charge in [0.2, 0.25) is 0 Å². The summed E-state index contributed by atoms with van der Waals surface area (Å²) in [7, 11) is 4.01. The van der Waals surface area contributed by atoms with Crippen molar-refractivity contribution in [2.24, 2.45) is 5.92 Å². The molecule has 2 atom stereocenters. The molecule has 1 heterocycles. The highest BCUT2D eigenvalue weighted by atomic mass is 16.1. The summed E-state index contributed by atoms with van der Waals surface area (Å²) in [6, 6.07) is 23.6. The Morgan fingerprint density at radius 1 is 0.971 bits per heavy atom. The number of fused-ring (bicyclic) bond motifs is 1. The molecular weight excluding hydrogens is 434 g/mol. The minimum atomic E-state index is -0.132. The molecule has 4 aromatic rings. The fourth-order valence-corrected chi connectivity index (χ4v) is 4.72. The van der Waals surface area contributed by atoms with Crippen LogP contribution in [0.3, 0.4) is 0 Å². The Hall–Kier alpha value is -3.83. The molecule has 1 amide bonds. The SMILES string of the molecule is CN(C)Cc1ccccc1NC(=O)c1cccc([C@@H]2C[C@H]2C(=O)Cc2ccc3cnccc3c2)c1. The van der Waals surface area contributed by atoms with Crippen molar-refractivity contribution in [1.29, 1.82) is 0 Å². The number of carbonyl (C=O) groups is 2. The Labute approximate surface area is 205 Å². The molecule has 0 saturated heterocycles. The average Bonchev–Trinajstić information content (AvgIpc) is 3.66. The maximum absolute atomic E-state index is 13.0. The van der Waals surface area contributed by atoms with Crippen LogP contribution in [0.1, 0.15) is 39.4 Å². The van der Waals surface area contributed by atoms with E-state index in [1.54, 1.807) is 6.20 Å². The van der Waals surface area contributed by atoms with Gasteiger partial charge in [0.05, 0.1) is 0 Å². The van der Waals surface area contributed by atoms with Crippen LogP contribution in [0.5, 0.6) is 0 Å². The second kappa shape index (κ2) is 9.80. The monoisotopic (exact) mass is 463 g/mol. The van der Waals surface area contributed by atoms with Crippen molar-refractivity contribution in [3.8, 4) is 0 Å². The Morgan fingerprint density at radius 3 is 2.69 bits per heavy atom. The van der Waals surface area contributed by atoms with Crippen molar-refractivity contribution in [3.05, 3.63) is 107 Å². The number of hydrogen-bond acceptors (Lipinski definition) is 4. The first-order valence-corrected chi connectivity index (χ1v) is 12.0. The Balaban J connectivity index is 1.25. The molecule has 1 saturated carbocycles. The largest absolute Gasteiger partial charge is 0.322 e. The smallest absolute Gasteiger partial charge is 0.255 e. The predicted octanol–water partition coefficient (Wildman–Crippen LogP) is 5.46. The number of nitrogens with zero attached hydrogens (tertiary/aromatic N) is 2. The van der Waals surface area contributed by atoms with Gasteiger partial charge in [0, 0.05) is 47.9 Å². The number of Topliss-reactive ketones (excluding diaryl/α,β-unsaturated/α-hetero) is 1. The number of hydrogen-bond donors (Lipinski definition) is 1. The summed E-state index contributed by atoms with van der Waals surface area (Å²) in [5, 5.41) is 5.24. The summed E-state index contributed by atoms with van der Waals surface area (Å²) in [6.07, 6.45) is 4.88. The van der Waals surface area contributed by atoms with Crippen LogP contribution >= 0.6 is 0 Å². The fourth-order valence-electron chi connectivity index (χ4n) is 4.72. The zero-order valence-corrected chi connectivity index (χ0v) is 20.1. The number of benzene rings is 3. The topological polar surface area (TPSA) is 62.3 Å². The lowest BCUT2D eigenvalue weighted by Gasteiger charge is -2.15. The van der Waals surface area contributed by atoms with Crippen LogP contribution < -0.4 is 5.32 Å². The number of ketones is 1. The van der Waals surface area contributed by atoms with Gasteiger partial charge in [-0.05, 0) is 72.8 Å². The number of nitrogens with one attached hydrogen (secondary N) is 1. The van der Waals surface area contributed by atoms with Crippen LogP contribution in [0.4, 0.5) is 5.69 Å². The molecule has 1 aromatic heterocycles. The maximum Gasteiger partial charge on any atom is 0.255 e. The van der Waals surface area contributed by atoms with E-state index in [9.17, 15) is 9.59 Å². The molecule has 5 rings (SSSR count). The third-order valence-corrected chi connectivity index (χ3v) is 6.62. The van der Waals surface area contributed by atoms with E-state index in [-0.39, 0.29) is 23.5 Å². The first-order chi connectivity index (χ1) is 17.0. The lowest BCUT2D eigenvalue weighted by Crippen LogP contribution is -2.16. The van der Waals surface area contributed by atoms with Gasteiger partial charge < -0.3 is 10.2 Å². The number of aromatic nitrogens is 1. The molecule has 0 aliphatic heterocycles. The first-order valence-electron chi connectivity index (χ1n) is 12.0. The van der Waals surface area contributed by atoms with Crippen LogP contribution in [0.15, 0.2) is 85.2 Å².